The van der Waals surface area contributed by atoms with Gasteiger partial charge in [0.1, 0.15) is 0 Å². The van der Waals surface area contributed by atoms with Crippen molar-refractivity contribution in [2.75, 3.05) is 0 Å². The molecule has 25 saturated carbocycles. The Morgan fingerprint density at radius 3 is 0.583 bits per heavy atom. The Morgan fingerprint density at radius 2 is 0.417 bits per heavy atom. The molecule has 0 saturated heterocycles. The minimum atomic E-state index is 1.11. The van der Waals surface area contributed by atoms with E-state index in [1.54, 1.807) is 0 Å². The van der Waals surface area contributed by atoms with Gasteiger partial charge in [-0.1, -0.05) is 0 Å². The molecule has 0 heterocycles. The molecule has 25 aliphatic rings. The molecule has 36 heavy (non-hydrogen) atoms. The van der Waals surface area contributed by atoms with Crippen molar-refractivity contribution < 1.29 is 0 Å². The topological polar surface area (TPSA) is 0 Å². The van der Waals surface area contributed by atoms with Gasteiger partial charge in [0.2, 0.25) is 0 Å². The Bertz CT molecular complexity index is 1680. The number of fused-ring (bicyclic) bond motifs is 12. The van der Waals surface area contributed by atoms with Gasteiger partial charge < -0.3 is 0 Å². The zero-order valence-electron chi connectivity index (χ0n) is 20.1. The summed E-state index contributed by atoms with van der Waals surface area (Å²) in [6.45, 7) is 0. The molecule has 0 bridgehead atoms. The third kappa shape index (κ3) is 0.262. The van der Waals surface area contributed by atoms with E-state index in [4.69, 9.17) is 0 Å². The lowest BCUT2D eigenvalue weighted by molar-refractivity contribution is -1.17. The molecule has 16 spiro atoms. The lowest BCUT2D eigenvalue weighted by Crippen LogP contribution is -3.60. The highest BCUT2D eigenvalue weighted by Crippen LogP contribution is 3.63. The number of hydrogen-bond acceptors (Lipinski definition) is 0. The minimum absolute atomic E-state index is 1.11. The standard InChI is InChI=1S/C36H24/c1-5-13-15-7-2-9-17-19-11-4-12-20-18-10-3-8-16-14-6(1)21(5)25(13)27(15)22(7,9)29(17)31(19)24(11,12)32(20)30(18)23(8,10)28(16)26(14,21)33(25)34(27,29)36(31,32)35(28,30)33/h5-20H,1-4H2. The third-order valence-corrected chi connectivity index (χ3v) is 30.4. The van der Waals surface area contributed by atoms with Crippen LogP contribution in [0.4, 0.5) is 0 Å². The first-order chi connectivity index (χ1) is 17.9. The Hall–Kier alpha value is 0. The van der Waals surface area contributed by atoms with Crippen molar-refractivity contribution in [3.8, 4) is 0 Å². The average Bonchev–Trinajstić information content (AvgIpc) is 2.72. The Morgan fingerprint density at radius 1 is 0.250 bits per heavy atom. The second kappa shape index (κ2) is 1.85. The van der Waals surface area contributed by atoms with Gasteiger partial charge in [-0.25, -0.2) is 0 Å². The lowest BCUT2D eigenvalue weighted by Gasteiger charge is -3.61. The van der Waals surface area contributed by atoms with Gasteiger partial charge in [0, 0.05) is 0 Å². The highest BCUT2D eigenvalue weighted by atomic mass is 15.6. The van der Waals surface area contributed by atoms with Crippen molar-refractivity contribution in [3.63, 3.8) is 0 Å². The molecule has 25 aliphatic carbocycles. The van der Waals surface area contributed by atoms with Gasteiger partial charge in [-0.2, -0.15) is 0 Å². The Balaban J connectivity index is 1.04. The van der Waals surface area contributed by atoms with E-state index in [0.717, 1.165) is 86.6 Å². The van der Waals surface area contributed by atoms with Crippen molar-refractivity contribution >= 4 is 0 Å². The van der Waals surface area contributed by atoms with E-state index in [-0.39, 0.29) is 0 Å². The molecule has 0 aromatic carbocycles. The van der Waals surface area contributed by atoms with Gasteiger partial charge >= 0.3 is 0 Å². The maximum absolute atomic E-state index is 1.82. The molecule has 25 fully saturated rings. The van der Waals surface area contributed by atoms with Gasteiger partial charge in [-0.3, -0.25) is 0 Å². The number of hydrogen-bond donors (Lipinski definition) is 0. The maximum atomic E-state index is 1.82. The van der Waals surface area contributed by atoms with Crippen LogP contribution in [0.1, 0.15) is 25.7 Å². The SMILES string of the molecule is C1C2C3C4C5CC6C7C8C9CC%10C%11C%12C%13CC%14C%15C%16C1C21C32C43C56C74C85C9%10C%116C%127C%14%13C%158C%161C21C34C56C871. The summed E-state index contributed by atoms with van der Waals surface area (Å²) >= 11 is 0. The van der Waals surface area contributed by atoms with Crippen molar-refractivity contribution in [3.05, 3.63) is 0 Å². The molecule has 0 aromatic heterocycles. The molecule has 0 N–H and O–H groups in total. The second-order valence-electron chi connectivity index (χ2n) is 22.9. The molecule has 0 aromatic rings. The summed E-state index contributed by atoms with van der Waals surface area (Å²) in [6, 6.07) is 0. The van der Waals surface area contributed by atoms with Crippen LogP contribution in [0.15, 0.2) is 0 Å². The molecular formula is C36H24. The van der Waals surface area contributed by atoms with Crippen LogP contribution in [0.2, 0.25) is 0 Å². The molecule has 0 nitrogen and oxygen atoms in total. The van der Waals surface area contributed by atoms with Crippen molar-refractivity contribution in [1.29, 1.82) is 0 Å². The molecule has 0 radical (unpaired) electrons. The van der Waals surface area contributed by atoms with Crippen LogP contribution in [0, 0.1) is 181 Å². The predicted octanol–water partition coefficient (Wildman–Crippen LogP) is 3.53. The van der Waals surface area contributed by atoms with Crippen LogP contribution in [0.3, 0.4) is 0 Å². The highest BCUT2D eigenvalue weighted by molar-refractivity contribution is 6.06. The van der Waals surface area contributed by atoms with Gasteiger partial charge in [0.25, 0.3) is 0 Å². The smallest absolute Gasteiger partial charge is 0.000740 e. The fourth-order valence-electron chi connectivity index (χ4n) is 38.1. The molecule has 25 rings (SSSR count). The fourth-order valence-corrected chi connectivity index (χ4v) is 38.1. The van der Waals surface area contributed by atoms with E-state index >= 15 is 0 Å². The first-order valence-corrected chi connectivity index (χ1v) is 17.9. The zero-order valence-corrected chi connectivity index (χ0v) is 20.1. The normalized spacial score (nSPS) is 136. The fraction of sp³-hybridized carbons (Fsp3) is 1.00. The van der Waals surface area contributed by atoms with E-state index in [9.17, 15) is 0 Å². The van der Waals surface area contributed by atoms with Crippen LogP contribution >= 0.6 is 0 Å². The maximum Gasteiger partial charge on any atom is -0.000740 e. The van der Waals surface area contributed by atoms with Crippen molar-refractivity contribution in [1.82, 2.24) is 0 Å². The summed E-state index contributed by atoms with van der Waals surface area (Å²) in [5.41, 5.74) is 18.1. The van der Waals surface area contributed by atoms with Crippen LogP contribution in [-0.2, 0) is 0 Å². The summed E-state index contributed by atoms with van der Waals surface area (Å²) in [4.78, 5) is 0. The summed E-state index contributed by atoms with van der Waals surface area (Å²) in [6.07, 6.45) is 7.27. The first kappa shape index (κ1) is 12.2. The van der Waals surface area contributed by atoms with Gasteiger partial charge in [0.15, 0.2) is 0 Å². The highest BCUT2D eigenvalue weighted by Gasteiger charge is 3.62. The van der Waals surface area contributed by atoms with Gasteiger partial charge in [-0.05, 0) is 207 Å². The van der Waals surface area contributed by atoms with Crippen LogP contribution < -0.4 is 0 Å². The molecule has 24 atom stereocenters. The zero-order chi connectivity index (χ0) is 20.1. The molecule has 0 amide bonds. The average molecular weight is 457 g/mol. The van der Waals surface area contributed by atoms with E-state index in [1.165, 1.54) is 94.7 Å². The summed E-state index contributed by atoms with van der Waals surface area (Å²) in [7, 11) is 0. The third-order valence-electron chi connectivity index (χ3n) is 30.4. The molecule has 0 aliphatic heterocycles. The van der Waals surface area contributed by atoms with Crippen LogP contribution in [-0.4, -0.2) is 0 Å². The van der Waals surface area contributed by atoms with Crippen molar-refractivity contribution in [2.45, 2.75) is 25.7 Å². The largest absolute Gasteiger partial charge is 0.0458 e. The lowest BCUT2D eigenvalue weighted by atomic mass is 8.41. The van der Waals surface area contributed by atoms with E-state index in [2.05, 4.69) is 0 Å². The van der Waals surface area contributed by atoms with E-state index in [1.807, 2.05) is 25.7 Å². The summed E-state index contributed by atoms with van der Waals surface area (Å²) in [5.74, 6) is 22.0. The summed E-state index contributed by atoms with van der Waals surface area (Å²) in [5, 5.41) is 0. The molecule has 168 valence electrons. The monoisotopic (exact) mass is 456 g/mol. The molecular weight excluding hydrogens is 432 g/mol. The van der Waals surface area contributed by atoms with Crippen molar-refractivity contribution in [2.24, 2.45) is 181 Å². The predicted molar refractivity (Wildman–Crippen MR) is 113 cm³/mol. The quantitative estimate of drug-likeness (QED) is 0.523. The second-order valence-corrected chi connectivity index (χ2v) is 22.9. The molecule has 24 unspecified atom stereocenters. The van der Waals surface area contributed by atoms with Crippen LogP contribution in [0.5, 0.6) is 0 Å². The number of rotatable bonds is 0. The Labute approximate surface area is 206 Å². The van der Waals surface area contributed by atoms with Gasteiger partial charge in [0.05, 0.1) is 0 Å². The van der Waals surface area contributed by atoms with Crippen LogP contribution in [0.25, 0.3) is 0 Å². The first-order valence-electron chi connectivity index (χ1n) is 17.9. The summed E-state index contributed by atoms with van der Waals surface area (Å²) < 4.78 is 0. The molecule has 0 heteroatoms. The van der Waals surface area contributed by atoms with Gasteiger partial charge in [-0.15, -0.1) is 0 Å². The van der Waals surface area contributed by atoms with E-state index < -0.39 is 0 Å². The Kier molecular flexibility index (Phi) is 0.629. The minimum Gasteiger partial charge on any atom is -0.0458 e. The van der Waals surface area contributed by atoms with E-state index in [0.29, 0.717) is 0 Å².